The minimum absolute atomic E-state index is 0.109. The summed E-state index contributed by atoms with van der Waals surface area (Å²) in [5, 5.41) is 14.6. The van der Waals surface area contributed by atoms with E-state index in [0.29, 0.717) is 22.6 Å². The lowest BCUT2D eigenvalue weighted by atomic mass is 9.59. The van der Waals surface area contributed by atoms with Crippen LogP contribution in [-0.4, -0.2) is 42.7 Å². The summed E-state index contributed by atoms with van der Waals surface area (Å²) in [4.78, 5) is 56.5. The molecule has 0 spiro atoms. The van der Waals surface area contributed by atoms with Gasteiger partial charge in [0.2, 0.25) is 11.8 Å². The number of Topliss-reactive ketones (excluding diaryl/α,β-unsaturated/α-hetero) is 1. The van der Waals surface area contributed by atoms with E-state index in [1.54, 1.807) is 18.2 Å². The average molecular weight is 682 g/mol. The maximum atomic E-state index is 14.3. The molecule has 4 atom stereocenters. The van der Waals surface area contributed by atoms with Gasteiger partial charge in [-0.3, -0.25) is 24.1 Å². The number of methoxy groups -OCH3 is 2. The molecule has 1 aliphatic heterocycles. The first-order valence-corrected chi connectivity index (χ1v) is 15.6. The second kappa shape index (κ2) is 11.4. The van der Waals surface area contributed by atoms with Gasteiger partial charge in [-0.15, -0.1) is 0 Å². The number of ether oxygens (including phenoxy) is 2. The molecule has 0 saturated carbocycles. The molecule has 7 rings (SSSR count). The van der Waals surface area contributed by atoms with Crippen molar-refractivity contribution in [1.29, 1.82) is 0 Å². The second-order valence-corrected chi connectivity index (χ2v) is 12.6. The normalized spacial score (nSPS) is 23.8. The smallest absolute Gasteiger partial charge is 0.238 e. The highest BCUT2D eigenvalue weighted by Crippen LogP contribution is 2.58. The third-order valence-electron chi connectivity index (χ3n) is 9.36. The summed E-state index contributed by atoms with van der Waals surface area (Å²) in [5.41, 5.74) is 3.68. The Hall–Kier alpha value is -4.96. The lowest BCUT2D eigenvalue weighted by Crippen LogP contribution is -2.39. The number of nitrogens with one attached hydrogen (secondary N) is 1. The number of carbonyl (C=O) groups is 4. The van der Waals surface area contributed by atoms with Crippen molar-refractivity contribution in [2.45, 2.75) is 18.8 Å². The van der Waals surface area contributed by atoms with Crippen LogP contribution >= 0.6 is 15.9 Å². The van der Waals surface area contributed by atoms with Crippen molar-refractivity contribution in [1.82, 2.24) is 0 Å². The number of phenolic OH excluding ortho intramolecular Hbond substituents is 1. The quantitative estimate of drug-likeness (QED) is 0.181. The maximum Gasteiger partial charge on any atom is 0.238 e. The van der Waals surface area contributed by atoms with Crippen molar-refractivity contribution in [2.24, 2.45) is 17.8 Å². The first kappa shape index (κ1) is 29.7. The van der Waals surface area contributed by atoms with Crippen molar-refractivity contribution in [3.05, 3.63) is 106 Å². The van der Waals surface area contributed by atoms with Gasteiger partial charge < -0.3 is 19.9 Å². The first-order chi connectivity index (χ1) is 22.2. The van der Waals surface area contributed by atoms with E-state index < -0.39 is 23.7 Å². The van der Waals surface area contributed by atoms with Crippen LogP contribution in [0.4, 0.5) is 17.1 Å². The molecule has 2 amide bonds. The Morgan fingerprint density at radius 3 is 2.30 bits per heavy atom. The zero-order valence-corrected chi connectivity index (χ0v) is 26.5. The number of nitrogens with zero attached hydrogens (tertiary/aromatic N) is 1. The van der Waals surface area contributed by atoms with E-state index in [-0.39, 0.29) is 63.4 Å². The van der Waals surface area contributed by atoms with Crippen LogP contribution in [0.5, 0.6) is 17.2 Å². The number of ketones is 2. The Labute approximate surface area is 273 Å². The monoisotopic (exact) mass is 680 g/mol. The van der Waals surface area contributed by atoms with E-state index in [2.05, 4.69) is 21.2 Å². The van der Waals surface area contributed by atoms with Gasteiger partial charge in [0.15, 0.2) is 11.6 Å². The number of allylic oxidation sites excluding steroid dienone is 6. The van der Waals surface area contributed by atoms with Crippen LogP contribution in [0.25, 0.3) is 0 Å². The lowest BCUT2D eigenvalue weighted by molar-refractivity contribution is -0.123. The summed E-state index contributed by atoms with van der Waals surface area (Å²) in [6, 6.07) is 19.8. The van der Waals surface area contributed by atoms with Crippen molar-refractivity contribution in [3.8, 4) is 17.2 Å². The Bertz CT molecular complexity index is 1910. The van der Waals surface area contributed by atoms with Gasteiger partial charge in [0.05, 0.1) is 36.2 Å². The number of para-hydroxylation sites is 1. The van der Waals surface area contributed by atoms with E-state index >= 15 is 0 Å². The predicted octanol–water partition coefficient (Wildman–Crippen LogP) is 6.12. The van der Waals surface area contributed by atoms with Crippen molar-refractivity contribution in [2.75, 3.05) is 24.4 Å². The zero-order valence-electron chi connectivity index (χ0n) is 25.0. The number of anilines is 3. The largest absolute Gasteiger partial charge is 0.507 e. The number of hydrogen-bond donors (Lipinski definition) is 2. The Morgan fingerprint density at radius 1 is 0.891 bits per heavy atom. The summed E-state index contributed by atoms with van der Waals surface area (Å²) in [6.07, 6.45) is 3.52. The molecule has 46 heavy (non-hydrogen) atoms. The molecule has 1 fully saturated rings. The number of phenols is 1. The van der Waals surface area contributed by atoms with Crippen LogP contribution in [0, 0.1) is 17.8 Å². The van der Waals surface area contributed by atoms with E-state index in [0.717, 1.165) is 11.4 Å². The SMILES string of the molecule is COc1cc(O)c(C2C3=CCC4C(=O)N(c5ccc(Nc6ccccc6)cc5)C(=O)C4C3CC3=C2C(=O)C=C(Br)C3=O)c(OC)c1. The van der Waals surface area contributed by atoms with Gasteiger partial charge in [-0.1, -0.05) is 29.8 Å². The van der Waals surface area contributed by atoms with Gasteiger partial charge in [-0.2, -0.15) is 0 Å². The maximum absolute atomic E-state index is 14.3. The Morgan fingerprint density at radius 2 is 1.61 bits per heavy atom. The van der Waals surface area contributed by atoms with E-state index in [1.165, 1.54) is 31.3 Å². The molecule has 0 aromatic heterocycles. The van der Waals surface area contributed by atoms with E-state index in [9.17, 15) is 24.3 Å². The molecule has 4 unspecified atom stereocenters. The van der Waals surface area contributed by atoms with Crippen LogP contribution < -0.4 is 19.7 Å². The molecular formula is C36H29BrN2O7. The average Bonchev–Trinajstić information content (AvgIpc) is 3.32. The molecule has 232 valence electrons. The number of aromatic hydroxyl groups is 1. The fourth-order valence-electron chi connectivity index (χ4n) is 7.34. The summed E-state index contributed by atoms with van der Waals surface area (Å²) in [5.74, 6) is -3.77. The molecule has 3 aromatic rings. The van der Waals surface area contributed by atoms with Gasteiger partial charge in [-0.25, -0.2) is 0 Å². The standard InChI is InChI=1S/C36H29BrN2O7/c1-45-21-14-27(40)33(29(15-21)46-2)32-22-12-13-23-30(24(22)16-25-31(32)28(41)17-26(37)34(25)42)36(44)39(35(23)43)20-10-8-19(9-11-20)38-18-6-4-3-5-7-18/h3-12,14-15,17,23-24,30,32,38,40H,13,16H2,1-2H3. The summed E-state index contributed by atoms with van der Waals surface area (Å²) in [6.45, 7) is 0. The van der Waals surface area contributed by atoms with Crippen LogP contribution in [-0.2, 0) is 19.2 Å². The number of fused-ring (bicyclic) bond motifs is 3. The van der Waals surface area contributed by atoms with Gasteiger partial charge in [0, 0.05) is 52.2 Å². The molecule has 4 aliphatic rings. The van der Waals surface area contributed by atoms with Gasteiger partial charge >= 0.3 is 0 Å². The third-order valence-corrected chi connectivity index (χ3v) is 9.95. The Kier molecular flexibility index (Phi) is 7.39. The Balaban J connectivity index is 1.29. The molecule has 3 aliphatic carbocycles. The summed E-state index contributed by atoms with van der Waals surface area (Å²) < 4.78 is 11.1. The summed E-state index contributed by atoms with van der Waals surface area (Å²) in [7, 11) is 2.91. The van der Waals surface area contributed by atoms with Crippen LogP contribution in [0.1, 0.15) is 24.3 Å². The molecule has 0 bridgehead atoms. The number of hydrogen-bond acceptors (Lipinski definition) is 8. The number of amides is 2. The molecule has 1 heterocycles. The number of benzene rings is 3. The van der Waals surface area contributed by atoms with Crippen LogP contribution in [0.3, 0.4) is 0 Å². The predicted molar refractivity (Wildman–Crippen MR) is 174 cm³/mol. The lowest BCUT2D eigenvalue weighted by Gasteiger charge is -2.42. The van der Waals surface area contributed by atoms with Crippen molar-refractivity contribution >= 4 is 56.4 Å². The number of rotatable bonds is 6. The van der Waals surface area contributed by atoms with E-state index in [4.69, 9.17) is 9.47 Å². The van der Waals surface area contributed by atoms with Crippen LogP contribution in [0.15, 0.2) is 100 Å². The number of halogens is 1. The van der Waals surface area contributed by atoms with Gasteiger partial charge in [0.1, 0.15) is 17.2 Å². The topological polar surface area (TPSA) is 122 Å². The highest BCUT2D eigenvalue weighted by molar-refractivity contribution is 9.12. The minimum atomic E-state index is -0.871. The van der Waals surface area contributed by atoms with Gasteiger partial charge in [-0.05, 0) is 71.1 Å². The fraction of sp³-hybridized carbons (Fsp3) is 0.222. The molecule has 1 saturated heterocycles. The van der Waals surface area contributed by atoms with Crippen molar-refractivity contribution < 1.29 is 33.8 Å². The number of imide groups is 1. The highest BCUT2D eigenvalue weighted by Gasteiger charge is 2.57. The minimum Gasteiger partial charge on any atom is -0.507 e. The molecule has 2 N–H and O–H groups in total. The molecular weight excluding hydrogens is 652 g/mol. The zero-order chi connectivity index (χ0) is 32.3. The van der Waals surface area contributed by atoms with Crippen LogP contribution in [0.2, 0.25) is 0 Å². The fourth-order valence-corrected chi connectivity index (χ4v) is 7.79. The molecule has 0 radical (unpaired) electrons. The first-order valence-electron chi connectivity index (χ1n) is 14.9. The van der Waals surface area contributed by atoms with E-state index in [1.807, 2.05) is 48.5 Å². The molecule has 10 heteroatoms. The summed E-state index contributed by atoms with van der Waals surface area (Å²) >= 11 is 3.24. The molecule has 9 nitrogen and oxygen atoms in total. The van der Waals surface area contributed by atoms with Gasteiger partial charge in [0.25, 0.3) is 0 Å². The highest BCUT2D eigenvalue weighted by atomic mass is 79.9. The van der Waals surface area contributed by atoms with Crippen molar-refractivity contribution in [3.63, 3.8) is 0 Å². The third kappa shape index (κ3) is 4.67. The second-order valence-electron chi connectivity index (χ2n) is 11.7. The molecule has 3 aromatic carbocycles. The number of carbonyl (C=O) groups excluding carboxylic acids is 4.